The van der Waals surface area contributed by atoms with Gasteiger partial charge in [0.25, 0.3) is 6.33 Å². The van der Waals surface area contributed by atoms with Crippen molar-refractivity contribution >= 4 is 25.8 Å². The fraction of sp³-hybridized carbons (Fsp3) is 0.321. The molecule has 4 rings (SSSR count). The summed E-state index contributed by atoms with van der Waals surface area (Å²) in [6, 6.07) is 11.6. The molecule has 2 N–H and O–H groups in total. The molecule has 0 radical (unpaired) electrons. The first kappa shape index (κ1) is 34.5. The number of carbonyl (C=O) groups excluding carboxylic acids is 2. The monoisotopic (exact) mass is 643 g/mol. The largest absolute Gasteiger partial charge is 0.542 e. The number of hydrogen-bond acceptors (Lipinski definition) is 6. The second kappa shape index (κ2) is 14.2. The first-order chi connectivity index (χ1) is 20.5. The first-order valence-corrected chi connectivity index (χ1v) is 14.5. The Hall–Kier alpha value is -4.04. The summed E-state index contributed by atoms with van der Waals surface area (Å²) in [5.74, 6) is -2.80. The highest BCUT2D eigenvalue weighted by atomic mass is 31.2. The van der Waals surface area contributed by atoms with Crippen molar-refractivity contribution in [1.82, 2.24) is 9.47 Å². The van der Waals surface area contributed by atoms with Crippen LogP contribution in [0.3, 0.4) is 0 Å². The van der Waals surface area contributed by atoms with Crippen molar-refractivity contribution in [2.75, 3.05) is 13.7 Å². The van der Waals surface area contributed by atoms with Crippen LogP contribution < -0.4 is 14.4 Å². The van der Waals surface area contributed by atoms with Gasteiger partial charge in [0.2, 0.25) is 12.6 Å². The van der Waals surface area contributed by atoms with Crippen LogP contribution in [0, 0.1) is 12.7 Å². The van der Waals surface area contributed by atoms with Crippen molar-refractivity contribution in [2.24, 2.45) is 0 Å². The molecule has 0 aliphatic carbocycles. The van der Waals surface area contributed by atoms with Gasteiger partial charge in [0.15, 0.2) is 11.4 Å². The number of likely N-dealkylation sites (tertiary alicyclic amines) is 1. The maximum absolute atomic E-state index is 13.3. The summed E-state index contributed by atoms with van der Waals surface area (Å²) in [4.78, 5) is 41.9. The second-order valence-corrected chi connectivity index (χ2v) is 11.0. The van der Waals surface area contributed by atoms with Gasteiger partial charge in [-0.2, -0.15) is 17.7 Å². The number of methoxy groups -OCH3 is 1. The third kappa shape index (κ3) is 9.23. The Kier molecular flexibility index (Phi) is 11.1. The summed E-state index contributed by atoms with van der Waals surface area (Å²) in [6.07, 6.45) is 1.61. The third-order valence-electron chi connectivity index (χ3n) is 6.66. The van der Waals surface area contributed by atoms with Crippen LogP contribution in [0.4, 0.5) is 17.6 Å². The van der Waals surface area contributed by atoms with Gasteiger partial charge in [-0.15, -0.1) is 0 Å². The Morgan fingerprint density at radius 3 is 2.41 bits per heavy atom. The van der Waals surface area contributed by atoms with Crippen LogP contribution in [-0.2, 0) is 25.4 Å². The fourth-order valence-corrected chi connectivity index (χ4v) is 4.69. The van der Waals surface area contributed by atoms with Gasteiger partial charge < -0.3 is 29.3 Å². The first-order valence-electron chi connectivity index (χ1n) is 13.0. The molecule has 3 aromatic rings. The number of aryl methyl sites for hydroxylation is 1. The molecular formula is C28H30F4N3O8P. The van der Waals surface area contributed by atoms with Crippen LogP contribution >= 0.6 is 7.82 Å². The SMILES string of the molecule is COc1cc(C=C2CCCN([C@@H](C)c3ccc(F)cc3)C2=O)ccc1-[n+]1cc(C)n(COP(=O)(O)O)c1.O=C([O-])C(F)(F)F. The summed E-state index contributed by atoms with van der Waals surface area (Å²) in [6.45, 7) is 4.07. The number of piperidine rings is 1. The van der Waals surface area contributed by atoms with E-state index in [9.17, 15) is 26.9 Å². The molecule has 0 saturated carbocycles. The maximum Gasteiger partial charge on any atom is 0.472 e. The van der Waals surface area contributed by atoms with E-state index in [4.69, 9.17) is 24.4 Å². The van der Waals surface area contributed by atoms with E-state index in [2.05, 4.69) is 4.52 Å². The Bertz CT molecular complexity index is 1570. The highest BCUT2D eigenvalue weighted by molar-refractivity contribution is 7.46. The number of hydrogen-bond donors (Lipinski definition) is 2. The lowest BCUT2D eigenvalue weighted by atomic mass is 9.97. The van der Waals surface area contributed by atoms with Crippen molar-refractivity contribution in [3.8, 4) is 11.4 Å². The second-order valence-electron chi connectivity index (χ2n) is 9.73. The average Bonchev–Trinajstić information content (AvgIpc) is 3.32. The zero-order chi connectivity index (χ0) is 32.8. The minimum atomic E-state index is -5.19. The quantitative estimate of drug-likeness (QED) is 0.165. The number of carboxylic acid groups (broad SMARTS) is 1. The van der Waals surface area contributed by atoms with Gasteiger partial charge in [-0.3, -0.25) is 4.79 Å². The fourth-order valence-electron chi connectivity index (χ4n) is 4.41. The van der Waals surface area contributed by atoms with E-state index in [0.717, 1.165) is 23.2 Å². The average molecular weight is 644 g/mol. The number of nitrogens with zero attached hydrogens (tertiary/aromatic N) is 3. The van der Waals surface area contributed by atoms with Crippen LogP contribution in [0.15, 0.2) is 60.6 Å². The normalized spacial score (nSPS) is 15.5. The van der Waals surface area contributed by atoms with Crippen LogP contribution in [0.1, 0.15) is 42.6 Å². The molecule has 11 nitrogen and oxygen atoms in total. The molecule has 2 heterocycles. The number of carbonyl (C=O) groups is 2. The van der Waals surface area contributed by atoms with Gasteiger partial charge >= 0.3 is 14.0 Å². The van der Waals surface area contributed by atoms with Crippen molar-refractivity contribution in [2.45, 2.75) is 45.6 Å². The van der Waals surface area contributed by atoms with Crippen molar-refractivity contribution in [3.63, 3.8) is 0 Å². The Morgan fingerprint density at radius 2 is 1.84 bits per heavy atom. The van der Waals surface area contributed by atoms with Crippen molar-refractivity contribution < 1.29 is 60.4 Å². The van der Waals surface area contributed by atoms with Crippen molar-refractivity contribution in [1.29, 1.82) is 0 Å². The molecule has 16 heteroatoms. The van der Waals surface area contributed by atoms with E-state index in [0.29, 0.717) is 30.0 Å². The highest BCUT2D eigenvalue weighted by Gasteiger charge is 2.29. The number of phosphoric acid groups is 1. The highest BCUT2D eigenvalue weighted by Crippen LogP contribution is 2.36. The molecule has 1 aliphatic heterocycles. The molecule has 2 aromatic carbocycles. The van der Waals surface area contributed by atoms with Gasteiger partial charge in [0.1, 0.15) is 23.7 Å². The van der Waals surface area contributed by atoms with Crippen LogP contribution in [0.2, 0.25) is 0 Å². The molecule has 1 fully saturated rings. The number of benzene rings is 2. The molecule has 1 aliphatic rings. The minimum absolute atomic E-state index is 0.0433. The van der Waals surface area contributed by atoms with Crippen LogP contribution in [-0.4, -0.2) is 51.0 Å². The molecule has 0 unspecified atom stereocenters. The lowest BCUT2D eigenvalue weighted by Gasteiger charge is -2.34. The number of alkyl halides is 3. The topological polar surface area (TPSA) is 145 Å². The summed E-state index contributed by atoms with van der Waals surface area (Å²) < 4.78 is 69.5. The number of phosphoric ester groups is 1. The van der Waals surface area contributed by atoms with E-state index in [1.54, 1.807) is 47.8 Å². The lowest BCUT2D eigenvalue weighted by molar-refractivity contribution is -0.596. The summed E-state index contributed by atoms with van der Waals surface area (Å²) in [5, 5.41) is 8.78. The van der Waals surface area contributed by atoms with Crippen LogP contribution in [0.5, 0.6) is 5.75 Å². The van der Waals surface area contributed by atoms with E-state index in [-0.39, 0.29) is 24.5 Å². The standard InChI is InChI=1S/C26H29FN3O6P.C2HF3O2/c1-18-15-28(16-29(18)17-36-37(32,33)34)24-11-6-20(14-25(24)35-3)13-22-5-4-12-30(26(22)31)19(2)21-7-9-23(27)10-8-21;3-2(4,5)1(6)7/h6-11,13-16,19H,4-5,12,17H2,1-3H3,(H-,32,33,34);(H,6,7)/t19-;/m0./s1. The predicted octanol–water partition coefficient (Wildman–Crippen LogP) is 3.35. The molecule has 1 atom stereocenters. The molecule has 44 heavy (non-hydrogen) atoms. The van der Waals surface area contributed by atoms with Gasteiger partial charge in [-0.1, -0.05) is 18.2 Å². The zero-order valence-corrected chi connectivity index (χ0v) is 24.7. The van der Waals surface area contributed by atoms with E-state index in [1.165, 1.54) is 12.1 Å². The number of aromatic nitrogens is 2. The van der Waals surface area contributed by atoms with Crippen molar-refractivity contribution in [3.05, 3.63) is 83.2 Å². The zero-order valence-electron chi connectivity index (χ0n) is 23.8. The molecular weight excluding hydrogens is 613 g/mol. The Morgan fingerprint density at radius 1 is 1.20 bits per heavy atom. The predicted molar refractivity (Wildman–Crippen MR) is 145 cm³/mol. The molecule has 238 valence electrons. The molecule has 0 spiro atoms. The number of imidazole rings is 1. The van der Waals surface area contributed by atoms with Gasteiger partial charge in [-0.25, -0.2) is 18.0 Å². The number of rotatable bonds is 8. The molecule has 1 saturated heterocycles. The summed E-state index contributed by atoms with van der Waals surface area (Å²) in [5.41, 5.74) is 3.82. The third-order valence-corrected chi connectivity index (χ3v) is 7.11. The van der Waals surface area contributed by atoms with E-state index in [1.807, 2.05) is 36.1 Å². The smallest absolute Gasteiger partial charge is 0.472 e. The number of halogens is 4. The van der Waals surface area contributed by atoms with E-state index < -0.39 is 20.0 Å². The molecule has 1 aromatic heterocycles. The maximum atomic E-state index is 13.3. The minimum Gasteiger partial charge on any atom is -0.542 e. The van der Waals surface area contributed by atoms with Gasteiger partial charge in [0, 0.05) is 19.0 Å². The number of ether oxygens (including phenoxy) is 1. The Balaban J connectivity index is 0.000000676. The summed E-state index contributed by atoms with van der Waals surface area (Å²) in [7, 11) is -3.05. The molecule has 1 amide bonds. The van der Waals surface area contributed by atoms with Gasteiger partial charge in [-0.05, 0) is 61.2 Å². The summed E-state index contributed by atoms with van der Waals surface area (Å²) >= 11 is 0. The number of aliphatic carboxylic acids is 1. The Labute approximate surface area is 249 Å². The number of amides is 1. The number of carboxylic acids is 1. The van der Waals surface area contributed by atoms with Gasteiger partial charge in [0.05, 0.1) is 13.2 Å². The lowest BCUT2D eigenvalue weighted by Crippen LogP contribution is -2.38. The van der Waals surface area contributed by atoms with E-state index >= 15 is 0 Å². The van der Waals surface area contributed by atoms with Crippen LogP contribution in [0.25, 0.3) is 11.8 Å². The molecule has 0 bridgehead atoms.